The molecule has 0 bridgehead atoms. The molecule has 88 valence electrons. The van der Waals surface area contributed by atoms with Crippen LogP contribution in [0.15, 0.2) is 42.5 Å². The van der Waals surface area contributed by atoms with Crippen LogP contribution in [-0.4, -0.2) is 23.5 Å². The lowest BCUT2D eigenvalue weighted by molar-refractivity contribution is -0.124. The highest BCUT2D eigenvalue weighted by atomic mass is 16.6. The molecule has 0 aromatic heterocycles. The molecule has 1 aliphatic rings. The fourth-order valence-electron chi connectivity index (χ4n) is 1.81. The zero-order chi connectivity index (χ0) is 12.3. The third-order valence-corrected chi connectivity index (χ3v) is 2.60. The molecule has 0 spiro atoms. The third kappa shape index (κ3) is 2.20. The molecule has 1 aromatic carbocycles. The summed E-state index contributed by atoms with van der Waals surface area (Å²) in [5.41, 5.74) is 0.899. The molecular formula is C13H13NO3. The van der Waals surface area contributed by atoms with Crippen molar-refractivity contribution in [2.75, 3.05) is 6.61 Å². The summed E-state index contributed by atoms with van der Waals surface area (Å²) in [4.78, 5) is 24.4. The molecule has 0 aliphatic carbocycles. The van der Waals surface area contributed by atoms with Gasteiger partial charge in [-0.3, -0.25) is 4.79 Å². The average Bonchev–Trinajstić information content (AvgIpc) is 2.73. The molecule has 0 unspecified atom stereocenters. The van der Waals surface area contributed by atoms with Crippen molar-refractivity contribution in [3.05, 3.63) is 48.0 Å². The maximum atomic E-state index is 11.8. The number of cyclic esters (lactones) is 1. The van der Waals surface area contributed by atoms with E-state index in [1.807, 2.05) is 30.3 Å². The fourth-order valence-corrected chi connectivity index (χ4v) is 1.81. The largest absolute Gasteiger partial charge is 0.446 e. The molecule has 0 saturated carbocycles. The van der Waals surface area contributed by atoms with Crippen LogP contribution >= 0.6 is 0 Å². The molecule has 1 atom stereocenters. The molecule has 1 aromatic rings. The molecule has 2 amide bonds. The molecule has 1 fully saturated rings. The highest BCUT2D eigenvalue weighted by Gasteiger charge is 2.37. The number of hydrogen-bond acceptors (Lipinski definition) is 3. The summed E-state index contributed by atoms with van der Waals surface area (Å²) < 4.78 is 4.93. The Morgan fingerprint density at radius 2 is 2.12 bits per heavy atom. The number of allylic oxidation sites excluding steroid dienone is 1. The van der Waals surface area contributed by atoms with E-state index in [2.05, 4.69) is 0 Å². The average molecular weight is 231 g/mol. The van der Waals surface area contributed by atoms with Gasteiger partial charge in [-0.05, 0) is 18.6 Å². The van der Waals surface area contributed by atoms with Crippen LogP contribution in [0, 0.1) is 0 Å². The first-order valence-corrected chi connectivity index (χ1v) is 5.41. The van der Waals surface area contributed by atoms with E-state index in [9.17, 15) is 9.59 Å². The second-order valence-corrected chi connectivity index (χ2v) is 3.71. The number of nitrogens with zero attached hydrogens (tertiary/aromatic N) is 1. The van der Waals surface area contributed by atoms with Crippen LogP contribution in [0.1, 0.15) is 18.5 Å². The van der Waals surface area contributed by atoms with E-state index < -0.39 is 6.09 Å². The maximum absolute atomic E-state index is 11.8. The van der Waals surface area contributed by atoms with Gasteiger partial charge in [0.15, 0.2) is 0 Å². The van der Waals surface area contributed by atoms with Crippen molar-refractivity contribution in [2.24, 2.45) is 0 Å². The topological polar surface area (TPSA) is 46.6 Å². The molecule has 4 nitrogen and oxygen atoms in total. The first-order valence-electron chi connectivity index (χ1n) is 5.41. The van der Waals surface area contributed by atoms with Gasteiger partial charge in [-0.15, -0.1) is 0 Å². The van der Waals surface area contributed by atoms with Gasteiger partial charge >= 0.3 is 6.09 Å². The molecule has 17 heavy (non-hydrogen) atoms. The summed E-state index contributed by atoms with van der Waals surface area (Å²) in [6.45, 7) is 1.95. The molecule has 4 heteroatoms. The SMILES string of the molecule is C/C=C\C(=O)N1C(=O)OC[C@H]1c1ccccc1. The quantitative estimate of drug-likeness (QED) is 0.733. The fraction of sp³-hybridized carbons (Fsp3) is 0.231. The number of benzene rings is 1. The predicted octanol–water partition coefficient (Wildman–Crippen LogP) is 2.28. The second kappa shape index (κ2) is 4.82. The van der Waals surface area contributed by atoms with E-state index >= 15 is 0 Å². The van der Waals surface area contributed by atoms with Crippen LogP contribution in [0.25, 0.3) is 0 Å². The molecule has 1 aliphatic heterocycles. The van der Waals surface area contributed by atoms with Crippen molar-refractivity contribution in [1.29, 1.82) is 0 Å². The zero-order valence-corrected chi connectivity index (χ0v) is 9.50. The molecule has 0 N–H and O–H groups in total. The van der Waals surface area contributed by atoms with Gasteiger partial charge in [0, 0.05) is 0 Å². The number of rotatable bonds is 2. The normalized spacial score (nSPS) is 19.7. The van der Waals surface area contributed by atoms with E-state index in [4.69, 9.17) is 4.74 Å². The third-order valence-electron chi connectivity index (χ3n) is 2.60. The molecule has 0 radical (unpaired) electrons. The summed E-state index contributed by atoms with van der Waals surface area (Å²) in [7, 11) is 0. The van der Waals surface area contributed by atoms with E-state index in [0.717, 1.165) is 10.5 Å². The summed E-state index contributed by atoms with van der Waals surface area (Å²) in [5.74, 6) is -0.344. The van der Waals surface area contributed by atoms with Crippen LogP contribution in [0.2, 0.25) is 0 Å². The highest BCUT2D eigenvalue weighted by Crippen LogP contribution is 2.27. The molecule has 1 heterocycles. The zero-order valence-electron chi connectivity index (χ0n) is 9.50. The Balaban J connectivity index is 2.28. The van der Waals surface area contributed by atoms with E-state index in [1.54, 1.807) is 13.0 Å². The number of carbonyl (C=O) groups is 2. The summed E-state index contributed by atoms with van der Waals surface area (Å²) >= 11 is 0. The number of imide groups is 1. The number of carbonyl (C=O) groups excluding carboxylic acids is 2. The van der Waals surface area contributed by atoms with Gasteiger partial charge in [-0.1, -0.05) is 36.4 Å². The lowest BCUT2D eigenvalue weighted by Gasteiger charge is -2.18. The first kappa shape index (κ1) is 11.4. The Hall–Kier alpha value is -2.10. The van der Waals surface area contributed by atoms with Crippen LogP contribution < -0.4 is 0 Å². The summed E-state index contributed by atoms with van der Waals surface area (Å²) in [5, 5.41) is 0. The van der Waals surface area contributed by atoms with E-state index in [-0.39, 0.29) is 18.6 Å². The minimum Gasteiger partial charge on any atom is -0.446 e. The number of hydrogen-bond donors (Lipinski definition) is 0. The Kier molecular flexibility index (Phi) is 3.23. The minimum absolute atomic E-state index is 0.214. The molecular weight excluding hydrogens is 218 g/mol. The second-order valence-electron chi connectivity index (χ2n) is 3.71. The lowest BCUT2D eigenvalue weighted by atomic mass is 10.1. The monoisotopic (exact) mass is 231 g/mol. The van der Waals surface area contributed by atoms with Gasteiger partial charge in [-0.2, -0.15) is 0 Å². The Bertz CT molecular complexity index is 453. The summed E-state index contributed by atoms with van der Waals surface area (Å²) in [6.07, 6.45) is 2.39. The van der Waals surface area contributed by atoms with Crippen LogP contribution in [0.4, 0.5) is 4.79 Å². The number of ether oxygens (including phenoxy) is 1. The molecule has 1 saturated heterocycles. The number of amides is 2. The van der Waals surface area contributed by atoms with E-state index in [0.29, 0.717) is 0 Å². The Morgan fingerprint density at radius 3 is 2.76 bits per heavy atom. The minimum atomic E-state index is -0.582. The molecule has 2 rings (SSSR count). The van der Waals surface area contributed by atoms with Crippen LogP contribution in [0.5, 0.6) is 0 Å². The van der Waals surface area contributed by atoms with Crippen molar-refractivity contribution in [1.82, 2.24) is 4.90 Å². The highest BCUT2D eigenvalue weighted by molar-refractivity contribution is 5.99. The Morgan fingerprint density at radius 1 is 1.41 bits per heavy atom. The van der Waals surface area contributed by atoms with Crippen molar-refractivity contribution in [3.63, 3.8) is 0 Å². The van der Waals surface area contributed by atoms with E-state index in [1.165, 1.54) is 6.08 Å². The van der Waals surface area contributed by atoms with Crippen LogP contribution in [-0.2, 0) is 9.53 Å². The van der Waals surface area contributed by atoms with Gasteiger partial charge < -0.3 is 4.74 Å². The summed E-state index contributed by atoms with van der Waals surface area (Å²) in [6, 6.07) is 9.06. The van der Waals surface area contributed by atoms with Crippen molar-refractivity contribution >= 4 is 12.0 Å². The van der Waals surface area contributed by atoms with Gasteiger partial charge in [0.05, 0.1) is 0 Å². The van der Waals surface area contributed by atoms with Crippen molar-refractivity contribution < 1.29 is 14.3 Å². The smallest absolute Gasteiger partial charge is 0.417 e. The van der Waals surface area contributed by atoms with Crippen molar-refractivity contribution in [3.8, 4) is 0 Å². The lowest BCUT2D eigenvalue weighted by Crippen LogP contribution is -2.32. The van der Waals surface area contributed by atoms with Gasteiger partial charge in [0.1, 0.15) is 12.6 Å². The first-order chi connectivity index (χ1) is 8.24. The maximum Gasteiger partial charge on any atom is 0.417 e. The predicted molar refractivity (Wildman–Crippen MR) is 62.2 cm³/mol. The van der Waals surface area contributed by atoms with Gasteiger partial charge in [0.2, 0.25) is 0 Å². The van der Waals surface area contributed by atoms with Crippen LogP contribution in [0.3, 0.4) is 0 Å². The van der Waals surface area contributed by atoms with Crippen molar-refractivity contribution in [2.45, 2.75) is 13.0 Å². The standard InChI is InChI=1S/C13H13NO3/c1-2-6-12(15)14-11(9-17-13(14)16)10-7-4-3-5-8-10/h2-8,11H,9H2,1H3/b6-2-/t11-/m0/s1. The van der Waals surface area contributed by atoms with Gasteiger partial charge in [0.25, 0.3) is 5.91 Å². The van der Waals surface area contributed by atoms with Gasteiger partial charge in [-0.25, -0.2) is 9.69 Å². The Labute approximate surface area is 99.5 Å².